The van der Waals surface area contributed by atoms with Gasteiger partial charge in [0.1, 0.15) is 5.82 Å². The van der Waals surface area contributed by atoms with Gasteiger partial charge in [0.05, 0.1) is 16.7 Å². The van der Waals surface area contributed by atoms with Gasteiger partial charge in [-0.05, 0) is 38.1 Å². The van der Waals surface area contributed by atoms with Crippen molar-refractivity contribution >= 4 is 17.1 Å². The maximum atomic E-state index is 6.06. The summed E-state index contributed by atoms with van der Waals surface area (Å²) < 4.78 is 2.12. The maximum absolute atomic E-state index is 6.06. The number of nitrogens with zero attached hydrogens (tertiary/aromatic N) is 3. The van der Waals surface area contributed by atoms with Crippen LogP contribution in [0.3, 0.4) is 0 Å². The van der Waals surface area contributed by atoms with Crippen LogP contribution in [0.25, 0.3) is 5.52 Å². The first kappa shape index (κ1) is 12.0. The van der Waals surface area contributed by atoms with Gasteiger partial charge in [0, 0.05) is 18.7 Å². The lowest BCUT2D eigenvalue weighted by atomic mass is 10.1. The van der Waals surface area contributed by atoms with E-state index in [1.54, 1.807) is 0 Å². The number of hydrogen-bond donors (Lipinski definition) is 0. The topological polar surface area (TPSA) is 20.5 Å². The molecule has 0 aromatic carbocycles. The normalized spacial score (nSPS) is 20.9. The average Bonchev–Trinajstić information content (AvgIpc) is 2.97. The van der Waals surface area contributed by atoms with Crippen LogP contribution in [0, 0.1) is 0 Å². The van der Waals surface area contributed by atoms with Crippen LogP contribution in [-0.2, 0) is 6.42 Å². The Bertz CT molecular complexity index is 549. The smallest absolute Gasteiger partial charge is 0.114 e. The van der Waals surface area contributed by atoms with E-state index >= 15 is 0 Å². The number of likely N-dealkylation sites (N-methyl/N-ethyl adjacent to an activating group) is 1. The maximum Gasteiger partial charge on any atom is 0.114 e. The lowest BCUT2D eigenvalue weighted by molar-refractivity contribution is 0.263. The van der Waals surface area contributed by atoms with Crippen LogP contribution in [-0.4, -0.2) is 33.4 Å². The fourth-order valence-corrected chi connectivity index (χ4v) is 3.08. The molecule has 3 heterocycles. The minimum absolute atomic E-state index is 0.639. The quantitative estimate of drug-likeness (QED) is 0.849. The van der Waals surface area contributed by atoms with Crippen molar-refractivity contribution in [2.45, 2.75) is 32.2 Å². The summed E-state index contributed by atoms with van der Waals surface area (Å²) in [6, 6.07) is 4.57. The van der Waals surface area contributed by atoms with E-state index in [-0.39, 0.29) is 0 Å². The molecular weight excluding hydrogens is 246 g/mol. The third-order valence-corrected chi connectivity index (χ3v) is 4.11. The van der Waals surface area contributed by atoms with E-state index in [0.29, 0.717) is 6.04 Å². The minimum atomic E-state index is 0.639. The standard InChI is InChI=1S/C14H18ClN3/c1-2-17-7-3-4-12(17)8-14-16-9-13-6-5-11(15)10-18(13)14/h5-6,9-10,12H,2-4,7-8H2,1H3. The number of hydrogen-bond acceptors (Lipinski definition) is 2. The number of fused-ring (bicyclic) bond motifs is 1. The van der Waals surface area contributed by atoms with E-state index < -0.39 is 0 Å². The summed E-state index contributed by atoms with van der Waals surface area (Å²) in [4.78, 5) is 7.09. The molecule has 0 N–H and O–H groups in total. The average molecular weight is 264 g/mol. The van der Waals surface area contributed by atoms with Crippen LogP contribution < -0.4 is 0 Å². The van der Waals surface area contributed by atoms with Crippen LogP contribution in [0.5, 0.6) is 0 Å². The highest BCUT2D eigenvalue weighted by molar-refractivity contribution is 6.30. The molecule has 2 aromatic rings. The predicted molar refractivity (Wildman–Crippen MR) is 74.2 cm³/mol. The molecule has 2 aromatic heterocycles. The summed E-state index contributed by atoms with van der Waals surface area (Å²) in [6.45, 7) is 4.60. The van der Waals surface area contributed by atoms with Crippen molar-refractivity contribution in [1.82, 2.24) is 14.3 Å². The van der Waals surface area contributed by atoms with Crippen LogP contribution in [0.1, 0.15) is 25.6 Å². The van der Waals surface area contributed by atoms with Gasteiger partial charge in [0.2, 0.25) is 0 Å². The molecule has 0 aliphatic carbocycles. The van der Waals surface area contributed by atoms with Crippen LogP contribution in [0.2, 0.25) is 5.02 Å². The molecule has 4 heteroatoms. The number of imidazole rings is 1. The summed E-state index contributed by atoms with van der Waals surface area (Å²) in [5.74, 6) is 1.12. The van der Waals surface area contributed by atoms with Crippen molar-refractivity contribution in [3.05, 3.63) is 35.4 Å². The van der Waals surface area contributed by atoms with Crippen LogP contribution in [0.15, 0.2) is 24.5 Å². The van der Waals surface area contributed by atoms with Gasteiger partial charge in [-0.3, -0.25) is 0 Å². The Morgan fingerprint density at radius 3 is 3.17 bits per heavy atom. The van der Waals surface area contributed by atoms with Gasteiger partial charge >= 0.3 is 0 Å². The molecule has 0 saturated carbocycles. The molecule has 0 amide bonds. The highest BCUT2D eigenvalue weighted by Gasteiger charge is 2.24. The summed E-state index contributed by atoms with van der Waals surface area (Å²) in [6.07, 6.45) is 7.50. The SMILES string of the molecule is CCN1CCCC1Cc1ncc2ccc(Cl)cn12. The van der Waals surface area contributed by atoms with Crippen molar-refractivity contribution in [3.8, 4) is 0 Å². The summed E-state index contributed by atoms with van der Waals surface area (Å²) >= 11 is 6.06. The van der Waals surface area contributed by atoms with Crippen molar-refractivity contribution < 1.29 is 0 Å². The molecule has 0 radical (unpaired) electrons. The molecule has 1 aliphatic heterocycles. The van der Waals surface area contributed by atoms with Gasteiger partial charge in [-0.15, -0.1) is 0 Å². The summed E-state index contributed by atoms with van der Waals surface area (Å²) in [5, 5.41) is 0.764. The Morgan fingerprint density at radius 2 is 2.33 bits per heavy atom. The molecule has 96 valence electrons. The van der Waals surface area contributed by atoms with Crippen molar-refractivity contribution in [3.63, 3.8) is 0 Å². The molecule has 1 unspecified atom stereocenters. The molecule has 0 bridgehead atoms. The van der Waals surface area contributed by atoms with Crippen LogP contribution in [0.4, 0.5) is 0 Å². The number of halogens is 1. The van der Waals surface area contributed by atoms with Gasteiger partial charge in [0.25, 0.3) is 0 Å². The second-order valence-electron chi connectivity index (χ2n) is 4.95. The zero-order valence-electron chi connectivity index (χ0n) is 10.6. The summed E-state index contributed by atoms with van der Waals surface area (Å²) in [5.41, 5.74) is 1.12. The van der Waals surface area contributed by atoms with E-state index in [9.17, 15) is 0 Å². The second-order valence-corrected chi connectivity index (χ2v) is 5.38. The molecular formula is C14H18ClN3. The number of rotatable bonds is 3. The van der Waals surface area contributed by atoms with Crippen LogP contribution >= 0.6 is 11.6 Å². The van der Waals surface area contributed by atoms with Gasteiger partial charge in [-0.25, -0.2) is 4.98 Å². The molecule has 3 rings (SSSR count). The fourth-order valence-electron chi connectivity index (χ4n) is 2.92. The minimum Gasteiger partial charge on any atom is -0.302 e. The first-order valence-corrected chi connectivity index (χ1v) is 7.01. The monoisotopic (exact) mass is 263 g/mol. The predicted octanol–water partition coefficient (Wildman–Crippen LogP) is 3.01. The fraction of sp³-hybridized carbons (Fsp3) is 0.500. The zero-order chi connectivity index (χ0) is 12.5. The van der Waals surface area contributed by atoms with E-state index in [1.807, 2.05) is 24.5 Å². The van der Waals surface area contributed by atoms with Gasteiger partial charge in [0.15, 0.2) is 0 Å². The first-order valence-electron chi connectivity index (χ1n) is 6.63. The highest BCUT2D eigenvalue weighted by atomic mass is 35.5. The van der Waals surface area contributed by atoms with Crippen molar-refractivity contribution in [2.75, 3.05) is 13.1 Å². The molecule has 1 fully saturated rings. The lowest BCUT2D eigenvalue weighted by Crippen LogP contribution is -2.31. The van der Waals surface area contributed by atoms with E-state index in [2.05, 4.69) is 21.2 Å². The Balaban J connectivity index is 1.88. The molecule has 3 nitrogen and oxygen atoms in total. The van der Waals surface area contributed by atoms with E-state index in [1.165, 1.54) is 19.4 Å². The lowest BCUT2D eigenvalue weighted by Gasteiger charge is -2.22. The molecule has 0 spiro atoms. The van der Waals surface area contributed by atoms with Crippen molar-refractivity contribution in [1.29, 1.82) is 0 Å². The Morgan fingerprint density at radius 1 is 1.44 bits per heavy atom. The van der Waals surface area contributed by atoms with E-state index in [4.69, 9.17) is 11.6 Å². The molecule has 1 saturated heterocycles. The third kappa shape index (κ3) is 2.13. The second kappa shape index (κ2) is 4.90. The van der Waals surface area contributed by atoms with Gasteiger partial charge in [-0.1, -0.05) is 18.5 Å². The molecule has 1 atom stereocenters. The highest BCUT2D eigenvalue weighted by Crippen LogP contribution is 2.21. The first-order chi connectivity index (χ1) is 8.78. The Labute approximate surface area is 112 Å². The summed E-state index contributed by atoms with van der Waals surface area (Å²) in [7, 11) is 0. The zero-order valence-corrected chi connectivity index (χ0v) is 11.4. The number of pyridine rings is 1. The Hall–Kier alpha value is -1.06. The molecule has 18 heavy (non-hydrogen) atoms. The molecule has 1 aliphatic rings. The van der Waals surface area contributed by atoms with E-state index in [0.717, 1.165) is 29.3 Å². The van der Waals surface area contributed by atoms with Gasteiger partial charge < -0.3 is 9.30 Å². The Kier molecular flexibility index (Phi) is 3.27. The van der Waals surface area contributed by atoms with Crippen molar-refractivity contribution in [2.24, 2.45) is 0 Å². The number of aromatic nitrogens is 2. The largest absolute Gasteiger partial charge is 0.302 e. The third-order valence-electron chi connectivity index (χ3n) is 3.89. The van der Waals surface area contributed by atoms with Gasteiger partial charge in [-0.2, -0.15) is 0 Å². The number of likely N-dealkylation sites (tertiary alicyclic amines) is 1.